The van der Waals surface area contributed by atoms with Gasteiger partial charge >= 0.3 is 0 Å². The predicted molar refractivity (Wildman–Crippen MR) is 192 cm³/mol. The van der Waals surface area contributed by atoms with Crippen LogP contribution in [0.1, 0.15) is 155 Å². The molecule has 0 saturated heterocycles. The topological polar surface area (TPSA) is 138 Å². The minimum atomic E-state index is -0.595. The second-order valence-corrected chi connectivity index (χ2v) is 17.3. The first-order valence-corrected chi connectivity index (χ1v) is 17.2. The molecule has 0 fully saturated rings. The lowest BCUT2D eigenvalue weighted by atomic mass is 9.78. The van der Waals surface area contributed by atoms with Crippen LogP contribution in [0.4, 0.5) is 0 Å². The second-order valence-electron chi connectivity index (χ2n) is 17.3. The van der Waals surface area contributed by atoms with Crippen LogP contribution in [-0.4, -0.2) is 38.7 Å². The highest BCUT2D eigenvalue weighted by atomic mass is 16.3. The van der Waals surface area contributed by atoms with Crippen molar-refractivity contribution < 1.29 is 29.4 Å². The first-order valence-electron chi connectivity index (χ1n) is 17.2. The fourth-order valence-electron chi connectivity index (χ4n) is 5.79. The van der Waals surface area contributed by atoms with Gasteiger partial charge in [-0.2, -0.15) is 0 Å². The molecule has 2 rings (SSSR count). The Bertz CT molecular complexity index is 1340. The summed E-state index contributed by atoms with van der Waals surface area (Å²) in [7, 11) is 0. The molecule has 266 valence electrons. The molecular formula is C40H60N2O6. The lowest BCUT2D eigenvalue weighted by Crippen LogP contribution is -2.42. The molecule has 0 aliphatic rings. The van der Waals surface area contributed by atoms with E-state index < -0.39 is 23.6 Å². The summed E-state index contributed by atoms with van der Waals surface area (Å²) < 4.78 is 0. The number of amides is 4. The van der Waals surface area contributed by atoms with Crippen molar-refractivity contribution in [3.63, 3.8) is 0 Å². The number of aryl methyl sites for hydroxylation is 2. The number of imide groups is 3. The van der Waals surface area contributed by atoms with Crippen molar-refractivity contribution in [2.75, 3.05) is 0 Å². The first-order chi connectivity index (χ1) is 21.7. The highest BCUT2D eigenvalue weighted by Gasteiger charge is 2.31. The Labute approximate surface area is 288 Å². The summed E-state index contributed by atoms with van der Waals surface area (Å²) in [6, 6.07) is 7.61. The Morgan fingerprint density at radius 3 is 1.06 bits per heavy atom. The average molecular weight is 665 g/mol. The van der Waals surface area contributed by atoms with Crippen LogP contribution in [0.3, 0.4) is 0 Å². The quantitative estimate of drug-likeness (QED) is 0.210. The van der Waals surface area contributed by atoms with Gasteiger partial charge in [-0.05, 0) is 80.7 Å². The summed E-state index contributed by atoms with van der Waals surface area (Å²) >= 11 is 0. The number of hydrogen-bond donors (Lipinski definition) is 3. The van der Waals surface area contributed by atoms with Crippen LogP contribution in [0.25, 0.3) is 0 Å². The van der Waals surface area contributed by atoms with Crippen LogP contribution in [0.15, 0.2) is 24.3 Å². The normalized spacial score (nSPS) is 12.6. The lowest BCUT2D eigenvalue weighted by molar-refractivity contribution is -0.154. The molecule has 0 saturated carbocycles. The smallest absolute Gasteiger partial charge is 0.236 e. The molecule has 0 aromatic heterocycles. The number of aromatic hydroxyl groups is 2. The molecular weight excluding hydrogens is 604 g/mol. The van der Waals surface area contributed by atoms with Crippen molar-refractivity contribution in [2.45, 2.75) is 156 Å². The molecule has 0 atom stereocenters. The molecule has 48 heavy (non-hydrogen) atoms. The van der Waals surface area contributed by atoms with Crippen molar-refractivity contribution >= 4 is 23.6 Å². The maximum atomic E-state index is 13.7. The van der Waals surface area contributed by atoms with Gasteiger partial charge in [-0.1, -0.05) is 107 Å². The number of phenolic OH excluding ortho intramolecular Hbond substituents is 2. The number of hydrogen-bond acceptors (Lipinski definition) is 6. The number of phenols is 2. The molecule has 8 nitrogen and oxygen atoms in total. The van der Waals surface area contributed by atoms with E-state index in [1.165, 1.54) is 0 Å². The third-order valence-corrected chi connectivity index (χ3v) is 8.64. The predicted octanol–water partition coefficient (Wildman–Crippen LogP) is 7.78. The van der Waals surface area contributed by atoms with Gasteiger partial charge in [-0.25, -0.2) is 4.90 Å². The second kappa shape index (κ2) is 15.3. The number of primary amides is 1. The number of nitrogens with zero attached hydrogens (tertiary/aromatic N) is 1. The van der Waals surface area contributed by atoms with E-state index in [0.717, 1.165) is 38.3 Å². The molecule has 0 heterocycles. The van der Waals surface area contributed by atoms with Crippen LogP contribution in [0.2, 0.25) is 0 Å². The molecule has 2 aromatic carbocycles. The van der Waals surface area contributed by atoms with Gasteiger partial charge in [-0.15, -0.1) is 0 Å². The number of nitrogens with two attached hydrogens (primary N) is 1. The number of unbranched alkanes of at least 4 members (excludes halogenated alkanes) is 1. The maximum absolute atomic E-state index is 13.7. The van der Waals surface area contributed by atoms with Gasteiger partial charge in [0.1, 0.15) is 11.5 Å². The summed E-state index contributed by atoms with van der Waals surface area (Å²) in [6.45, 7) is 24.2. The summed E-state index contributed by atoms with van der Waals surface area (Å²) in [5, 5.41) is 22.2. The van der Waals surface area contributed by atoms with Gasteiger partial charge < -0.3 is 15.9 Å². The van der Waals surface area contributed by atoms with Crippen molar-refractivity contribution in [3.05, 3.63) is 57.6 Å². The largest absolute Gasteiger partial charge is 0.507 e. The molecule has 0 radical (unpaired) electrons. The summed E-state index contributed by atoms with van der Waals surface area (Å²) in [6.07, 6.45) is 1.19. The van der Waals surface area contributed by atoms with E-state index in [2.05, 4.69) is 0 Å². The Balaban J connectivity index is 2.42. The Kier molecular flexibility index (Phi) is 12.9. The van der Waals surface area contributed by atoms with Crippen LogP contribution >= 0.6 is 0 Å². The molecule has 0 aliphatic heterocycles. The highest BCUT2D eigenvalue weighted by molar-refractivity contribution is 6.10. The van der Waals surface area contributed by atoms with Crippen LogP contribution in [-0.2, 0) is 53.7 Å². The average Bonchev–Trinajstić information content (AvgIpc) is 2.91. The zero-order chi connectivity index (χ0) is 37.0. The SMILES string of the molecule is CC(C)(C)c1cc(CCC(=O)N(C(=O)CCCCC(N)=O)C(=O)CCc2cc(C(C)(C)C)c(O)c(C(C)(C)C)c2)cc(C(C)(C)C)c1O. The highest BCUT2D eigenvalue weighted by Crippen LogP contribution is 2.41. The van der Waals surface area contributed by atoms with E-state index in [1.807, 2.05) is 107 Å². The van der Waals surface area contributed by atoms with Crippen molar-refractivity contribution in [3.8, 4) is 11.5 Å². The minimum Gasteiger partial charge on any atom is -0.507 e. The molecule has 0 aliphatic carbocycles. The van der Waals surface area contributed by atoms with E-state index in [-0.39, 0.29) is 71.7 Å². The van der Waals surface area contributed by atoms with Gasteiger partial charge in [0, 0.05) is 25.7 Å². The van der Waals surface area contributed by atoms with Gasteiger partial charge in [0.05, 0.1) is 0 Å². The molecule has 4 amide bonds. The van der Waals surface area contributed by atoms with Crippen molar-refractivity contribution in [1.82, 2.24) is 4.90 Å². The lowest BCUT2D eigenvalue weighted by Gasteiger charge is -2.28. The Morgan fingerprint density at radius 1 is 0.521 bits per heavy atom. The first kappa shape index (κ1) is 40.5. The fourth-order valence-corrected chi connectivity index (χ4v) is 5.79. The fraction of sp³-hybridized carbons (Fsp3) is 0.600. The zero-order valence-electron chi connectivity index (χ0n) is 31.5. The van der Waals surface area contributed by atoms with Crippen LogP contribution in [0, 0.1) is 0 Å². The molecule has 2 aromatic rings. The molecule has 4 N–H and O–H groups in total. The molecule has 8 heteroatoms. The Hall–Kier alpha value is -3.68. The van der Waals surface area contributed by atoms with Gasteiger partial charge in [-0.3, -0.25) is 19.2 Å². The number of carbonyl (C=O) groups is 4. The van der Waals surface area contributed by atoms with E-state index in [4.69, 9.17) is 5.73 Å². The summed E-state index contributed by atoms with van der Waals surface area (Å²) in [5.74, 6) is -1.75. The third-order valence-electron chi connectivity index (χ3n) is 8.64. The Morgan fingerprint density at radius 2 is 0.792 bits per heavy atom. The van der Waals surface area contributed by atoms with Crippen molar-refractivity contribution in [1.29, 1.82) is 0 Å². The van der Waals surface area contributed by atoms with Gasteiger partial charge in [0.15, 0.2) is 0 Å². The van der Waals surface area contributed by atoms with E-state index in [0.29, 0.717) is 12.8 Å². The molecule has 0 bridgehead atoms. The van der Waals surface area contributed by atoms with Crippen LogP contribution in [0.5, 0.6) is 11.5 Å². The van der Waals surface area contributed by atoms with Crippen molar-refractivity contribution in [2.24, 2.45) is 5.73 Å². The molecule has 0 unspecified atom stereocenters. The number of benzene rings is 2. The molecule has 0 spiro atoms. The van der Waals surface area contributed by atoms with Gasteiger partial charge in [0.2, 0.25) is 23.6 Å². The van der Waals surface area contributed by atoms with E-state index in [9.17, 15) is 29.4 Å². The maximum Gasteiger partial charge on any atom is 0.236 e. The van der Waals surface area contributed by atoms with Crippen LogP contribution < -0.4 is 5.73 Å². The minimum absolute atomic E-state index is 0.0616. The van der Waals surface area contributed by atoms with E-state index >= 15 is 0 Å². The third kappa shape index (κ3) is 10.9. The number of rotatable bonds is 11. The summed E-state index contributed by atoms with van der Waals surface area (Å²) in [5.41, 5.74) is 8.63. The number of carbonyl (C=O) groups excluding carboxylic acids is 4. The van der Waals surface area contributed by atoms with Gasteiger partial charge in [0.25, 0.3) is 0 Å². The van der Waals surface area contributed by atoms with E-state index in [1.54, 1.807) is 0 Å². The zero-order valence-corrected chi connectivity index (χ0v) is 31.5. The monoisotopic (exact) mass is 664 g/mol. The standard InChI is InChI=1S/C40H60N2O6/c1-37(2,3)27-21-25(22-28(35(27)47)38(4,5)6)17-19-33(45)42(32(44)16-14-13-15-31(41)43)34(46)20-18-26-23-29(39(7,8)9)36(48)30(24-26)40(10,11)12/h21-24,47-48H,13-20H2,1-12H3,(H2,41,43). The summed E-state index contributed by atoms with van der Waals surface area (Å²) in [4.78, 5) is 52.9.